The number of benzene rings is 1. The standard InChI is InChI=1S/C15H13NO4/c1-10-4-6-11(7-5-10)14(17)16-13(15(18)19)9-12-3-2-8-20-12/h2-9H,1H3,(H,16,17)(H,18,19)/b13-9+. The Balaban J connectivity index is 2.18. The van der Waals surface area contributed by atoms with Gasteiger partial charge in [-0.15, -0.1) is 0 Å². The molecule has 5 heteroatoms. The zero-order valence-electron chi connectivity index (χ0n) is 10.8. The Kier molecular flexibility index (Phi) is 4.00. The first-order chi connectivity index (χ1) is 9.56. The minimum atomic E-state index is -1.23. The number of carbonyl (C=O) groups is 2. The van der Waals surface area contributed by atoms with E-state index in [4.69, 9.17) is 9.52 Å². The lowest BCUT2D eigenvalue weighted by Crippen LogP contribution is -2.27. The quantitative estimate of drug-likeness (QED) is 0.837. The highest BCUT2D eigenvalue weighted by atomic mass is 16.4. The second kappa shape index (κ2) is 5.88. The van der Waals surface area contributed by atoms with Crippen LogP contribution in [0.5, 0.6) is 0 Å². The first-order valence-corrected chi connectivity index (χ1v) is 5.93. The Bertz CT molecular complexity index is 639. The van der Waals surface area contributed by atoms with Crippen LogP contribution in [0.25, 0.3) is 6.08 Å². The summed E-state index contributed by atoms with van der Waals surface area (Å²) in [7, 11) is 0. The van der Waals surface area contributed by atoms with Crippen LogP contribution < -0.4 is 5.32 Å². The zero-order valence-corrected chi connectivity index (χ0v) is 10.8. The minimum absolute atomic E-state index is 0.245. The third-order valence-electron chi connectivity index (χ3n) is 2.62. The molecule has 1 heterocycles. The van der Waals surface area contributed by atoms with Crippen LogP contribution in [0.1, 0.15) is 21.7 Å². The molecule has 2 aromatic rings. The van der Waals surface area contributed by atoms with Gasteiger partial charge in [0.1, 0.15) is 11.5 Å². The van der Waals surface area contributed by atoms with E-state index in [1.807, 2.05) is 6.92 Å². The van der Waals surface area contributed by atoms with E-state index in [2.05, 4.69) is 5.32 Å². The van der Waals surface area contributed by atoms with E-state index in [-0.39, 0.29) is 5.70 Å². The molecule has 20 heavy (non-hydrogen) atoms. The van der Waals surface area contributed by atoms with Crippen LogP contribution in [0, 0.1) is 6.92 Å². The normalized spacial score (nSPS) is 11.2. The lowest BCUT2D eigenvalue weighted by molar-refractivity contribution is -0.132. The largest absolute Gasteiger partial charge is 0.477 e. The average Bonchev–Trinajstić information content (AvgIpc) is 2.91. The third-order valence-corrected chi connectivity index (χ3v) is 2.62. The fourth-order valence-corrected chi connectivity index (χ4v) is 1.57. The molecule has 5 nitrogen and oxygen atoms in total. The summed E-state index contributed by atoms with van der Waals surface area (Å²) in [5.41, 5.74) is 1.17. The minimum Gasteiger partial charge on any atom is -0.477 e. The molecule has 0 unspecified atom stereocenters. The van der Waals surface area contributed by atoms with E-state index >= 15 is 0 Å². The van der Waals surface area contributed by atoms with Gasteiger partial charge in [0.2, 0.25) is 0 Å². The van der Waals surface area contributed by atoms with Crippen molar-refractivity contribution in [2.45, 2.75) is 6.92 Å². The van der Waals surface area contributed by atoms with Crippen molar-refractivity contribution < 1.29 is 19.1 Å². The number of hydrogen-bond acceptors (Lipinski definition) is 3. The summed E-state index contributed by atoms with van der Waals surface area (Å²) < 4.78 is 5.03. The molecule has 1 amide bonds. The molecule has 0 bridgehead atoms. The van der Waals surface area contributed by atoms with Gasteiger partial charge in [0.05, 0.1) is 6.26 Å². The van der Waals surface area contributed by atoms with Crippen molar-refractivity contribution in [1.82, 2.24) is 5.32 Å². The Labute approximate surface area is 115 Å². The monoisotopic (exact) mass is 271 g/mol. The maximum Gasteiger partial charge on any atom is 0.352 e. The van der Waals surface area contributed by atoms with Gasteiger partial charge >= 0.3 is 5.97 Å². The molecule has 102 valence electrons. The van der Waals surface area contributed by atoms with Crippen molar-refractivity contribution in [1.29, 1.82) is 0 Å². The molecule has 0 saturated heterocycles. The molecule has 0 atom stereocenters. The highest BCUT2D eigenvalue weighted by molar-refractivity contribution is 6.02. The summed E-state index contributed by atoms with van der Waals surface area (Å²) in [5, 5.41) is 11.4. The first kappa shape index (κ1) is 13.6. The van der Waals surface area contributed by atoms with Gasteiger partial charge in [-0.05, 0) is 31.2 Å². The van der Waals surface area contributed by atoms with Crippen molar-refractivity contribution in [2.24, 2.45) is 0 Å². The van der Waals surface area contributed by atoms with E-state index < -0.39 is 11.9 Å². The van der Waals surface area contributed by atoms with E-state index in [0.29, 0.717) is 11.3 Å². The van der Waals surface area contributed by atoms with E-state index in [1.54, 1.807) is 36.4 Å². The van der Waals surface area contributed by atoms with E-state index in [9.17, 15) is 9.59 Å². The van der Waals surface area contributed by atoms with Crippen molar-refractivity contribution in [3.05, 3.63) is 65.2 Å². The van der Waals surface area contributed by atoms with Crippen LogP contribution in [-0.2, 0) is 4.79 Å². The Morgan fingerprint density at radius 2 is 1.90 bits per heavy atom. The van der Waals surface area contributed by atoms with Gasteiger partial charge in [-0.3, -0.25) is 4.79 Å². The summed E-state index contributed by atoms with van der Waals surface area (Å²) in [4.78, 5) is 23.1. The summed E-state index contributed by atoms with van der Waals surface area (Å²) in [6, 6.07) is 10.1. The number of furan rings is 1. The molecular formula is C15H13NO4. The summed E-state index contributed by atoms with van der Waals surface area (Å²) in [6.07, 6.45) is 2.68. The average molecular weight is 271 g/mol. The van der Waals surface area contributed by atoms with Crippen LogP contribution in [0.2, 0.25) is 0 Å². The fraction of sp³-hybridized carbons (Fsp3) is 0.0667. The Hall–Kier alpha value is -2.82. The Morgan fingerprint density at radius 1 is 1.20 bits per heavy atom. The predicted molar refractivity (Wildman–Crippen MR) is 73.0 cm³/mol. The van der Waals surface area contributed by atoms with Crippen molar-refractivity contribution in [2.75, 3.05) is 0 Å². The molecule has 0 spiro atoms. The molecule has 1 aromatic carbocycles. The molecular weight excluding hydrogens is 258 g/mol. The van der Waals surface area contributed by atoms with Gasteiger partial charge in [-0.2, -0.15) is 0 Å². The maximum atomic E-state index is 12.0. The van der Waals surface area contributed by atoms with Crippen LogP contribution in [0.15, 0.2) is 52.8 Å². The number of nitrogens with one attached hydrogen (secondary N) is 1. The molecule has 0 aliphatic rings. The zero-order chi connectivity index (χ0) is 14.5. The van der Waals surface area contributed by atoms with Crippen molar-refractivity contribution in [3.63, 3.8) is 0 Å². The van der Waals surface area contributed by atoms with Gasteiger partial charge < -0.3 is 14.8 Å². The molecule has 0 aliphatic carbocycles. The second-order valence-corrected chi connectivity index (χ2v) is 4.20. The van der Waals surface area contributed by atoms with Crippen molar-refractivity contribution in [3.8, 4) is 0 Å². The highest BCUT2D eigenvalue weighted by Crippen LogP contribution is 2.08. The number of aliphatic carboxylic acids is 1. The number of rotatable bonds is 4. The van der Waals surface area contributed by atoms with Gasteiger partial charge in [-0.25, -0.2) is 4.79 Å². The number of hydrogen-bond donors (Lipinski definition) is 2. The summed E-state index contributed by atoms with van der Waals surface area (Å²) in [5.74, 6) is -1.36. The molecule has 0 fully saturated rings. The van der Waals surface area contributed by atoms with Crippen LogP contribution in [0.4, 0.5) is 0 Å². The lowest BCUT2D eigenvalue weighted by Gasteiger charge is -2.05. The molecule has 1 aromatic heterocycles. The van der Waals surface area contributed by atoms with E-state index in [0.717, 1.165) is 5.56 Å². The van der Waals surface area contributed by atoms with Crippen LogP contribution >= 0.6 is 0 Å². The number of carboxylic acids is 1. The van der Waals surface area contributed by atoms with Gasteiger partial charge in [0, 0.05) is 11.6 Å². The third kappa shape index (κ3) is 3.35. The van der Waals surface area contributed by atoms with Crippen LogP contribution in [0.3, 0.4) is 0 Å². The van der Waals surface area contributed by atoms with Gasteiger partial charge in [0.25, 0.3) is 5.91 Å². The number of aryl methyl sites for hydroxylation is 1. The van der Waals surface area contributed by atoms with Crippen LogP contribution in [-0.4, -0.2) is 17.0 Å². The smallest absolute Gasteiger partial charge is 0.352 e. The first-order valence-electron chi connectivity index (χ1n) is 5.93. The molecule has 2 rings (SSSR count). The van der Waals surface area contributed by atoms with Gasteiger partial charge in [-0.1, -0.05) is 17.7 Å². The number of carbonyl (C=O) groups excluding carboxylic acids is 1. The molecule has 0 aliphatic heterocycles. The molecule has 0 saturated carbocycles. The van der Waals surface area contributed by atoms with Gasteiger partial charge in [0.15, 0.2) is 0 Å². The highest BCUT2D eigenvalue weighted by Gasteiger charge is 2.13. The topological polar surface area (TPSA) is 79.5 Å². The Morgan fingerprint density at radius 3 is 2.45 bits per heavy atom. The fourth-order valence-electron chi connectivity index (χ4n) is 1.57. The lowest BCUT2D eigenvalue weighted by atomic mass is 10.1. The predicted octanol–water partition coefficient (Wildman–Crippen LogP) is 2.44. The summed E-state index contributed by atoms with van der Waals surface area (Å²) in [6.45, 7) is 1.90. The number of carboxylic acid groups (broad SMARTS) is 1. The molecule has 0 radical (unpaired) electrons. The number of amides is 1. The SMILES string of the molecule is Cc1ccc(C(=O)N/C(=C/c2ccco2)C(=O)O)cc1. The molecule has 2 N–H and O–H groups in total. The van der Waals surface area contributed by atoms with Crippen molar-refractivity contribution >= 4 is 18.0 Å². The maximum absolute atomic E-state index is 12.0. The van der Waals surface area contributed by atoms with E-state index in [1.165, 1.54) is 12.3 Å². The second-order valence-electron chi connectivity index (χ2n) is 4.20. The summed E-state index contributed by atoms with van der Waals surface area (Å²) >= 11 is 0.